The van der Waals surface area contributed by atoms with Gasteiger partial charge in [0.1, 0.15) is 0 Å². The number of carboxylic acids is 1. The molecule has 1 atom stereocenters. The van der Waals surface area contributed by atoms with E-state index in [1.165, 1.54) is 19.2 Å². The van der Waals surface area contributed by atoms with Gasteiger partial charge in [-0.1, -0.05) is 6.07 Å². The summed E-state index contributed by atoms with van der Waals surface area (Å²) in [7, 11) is -2.43. The molecule has 0 aliphatic heterocycles. The predicted octanol–water partition coefficient (Wildman–Crippen LogP) is 1.47. The van der Waals surface area contributed by atoms with Gasteiger partial charge >= 0.3 is 5.97 Å². The van der Waals surface area contributed by atoms with Crippen molar-refractivity contribution in [2.45, 2.75) is 18.7 Å². The van der Waals surface area contributed by atoms with Crippen molar-refractivity contribution in [2.24, 2.45) is 5.92 Å². The van der Waals surface area contributed by atoms with Gasteiger partial charge in [-0.15, -0.1) is 0 Å². The highest BCUT2D eigenvalue weighted by molar-refractivity contribution is 7.89. The van der Waals surface area contributed by atoms with Crippen molar-refractivity contribution in [2.75, 3.05) is 13.6 Å². The van der Waals surface area contributed by atoms with E-state index in [1.807, 2.05) is 6.07 Å². The molecule has 0 saturated heterocycles. The third kappa shape index (κ3) is 3.35. The summed E-state index contributed by atoms with van der Waals surface area (Å²) in [4.78, 5) is 11.0. The number of carboxylic acid groups (broad SMARTS) is 1. The number of sulfonamides is 1. The van der Waals surface area contributed by atoms with Gasteiger partial charge in [0, 0.05) is 13.6 Å². The van der Waals surface area contributed by atoms with Crippen LogP contribution in [0.1, 0.15) is 22.8 Å². The normalized spacial score (nSPS) is 12.9. The van der Waals surface area contributed by atoms with Crippen molar-refractivity contribution >= 4 is 16.0 Å². The van der Waals surface area contributed by atoms with Crippen LogP contribution in [-0.2, 0) is 10.0 Å². The van der Waals surface area contributed by atoms with Gasteiger partial charge in [-0.05, 0) is 31.5 Å². The molecule has 0 aromatic heterocycles. The fourth-order valence-corrected chi connectivity index (χ4v) is 2.98. The number of aryl methyl sites for hydroxylation is 1. The van der Waals surface area contributed by atoms with Gasteiger partial charge in [0.15, 0.2) is 0 Å². The Balaban J connectivity index is 3.20. The summed E-state index contributed by atoms with van der Waals surface area (Å²) in [6.07, 6.45) is 0. The molecular weight excluding hydrogens is 280 g/mol. The van der Waals surface area contributed by atoms with Gasteiger partial charge in [-0.3, -0.25) is 0 Å². The number of benzene rings is 1. The molecular formula is C13H16N2O4S. The molecule has 0 amide bonds. The zero-order valence-corrected chi connectivity index (χ0v) is 12.3. The minimum absolute atomic E-state index is 0.0483. The smallest absolute Gasteiger partial charge is 0.335 e. The third-order valence-corrected chi connectivity index (χ3v) is 4.72. The predicted molar refractivity (Wildman–Crippen MR) is 72.7 cm³/mol. The zero-order valence-electron chi connectivity index (χ0n) is 11.5. The maximum Gasteiger partial charge on any atom is 0.335 e. The molecule has 6 nitrogen and oxygen atoms in total. The Bertz CT molecular complexity index is 661. The molecule has 1 N–H and O–H groups in total. The lowest BCUT2D eigenvalue weighted by Crippen LogP contribution is -2.31. The molecule has 1 aromatic carbocycles. The van der Waals surface area contributed by atoms with Crippen LogP contribution in [0, 0.1) is 24.2 Å². The van der Waals surface area contributed by atoms with E-state index in [9.17, 15) is 13.2 Å². The molecule has 1 unspecified atom stereocenters. The highest BCUT2D eigenvalue weighted by atomic mass is 32.2. The molecule has 0 heterocycles. The van der Waals surface area contributed by atoms with Crippen molar-refractivity contribution in [3.05, 3.63) is 29.3 Å². The molecule has 20 heavy (non-hydrogen) atoms. The highest BCUT2D eigenvalue weighted by Crippen LogP contribution is 2.19. The molecule has 0 aliphatic rings. The first-order valence-electron chi connectivity index (χ1n) is 5.90. The molecule has 1 aromatic rings. The quantitative estimate of drug-likeness (QED) is 0.887. The Kier molecular flexibility index (Phi) is 4.87. The van der Waals surface area contributed by atoms with Gasteiger partial charge in [-0.2, -0.15) is 9.57 Å². The Labute approximate surface area is 118 Å². The Morgan fingerprint density at radius 1 is 1.50 bits per heavy atom. The SMILES string of the molecule is Cc1ccc(S(=O)(=O)N(C)CC(C)C#N)cc1C(=O)O. The lowest BCUT2D eigenvalue weighted by molar-refractivity contribution is 0.0696. The van der Waals surface area contributed by atoms with E-state index >= 15 is 0 Å². The maximum absolute atomic E-state index is 12.3. The van der Waals surface area contributed by atoms with E-state index in [4.69, 9.17) is 10.4 Å². The van der Waals surface area contributed by atoms with Crippen LogP contribution >= 0.6 is 0 Å². The Hall–Kier alpha value is -1.91. The van der Waals surface area contributed by atoms with Crippen LogP contribution in [0.25, 0.3) is 0 Å². The number of nitrogens with zero attached hydrogens (tertiary/aromatic N) is 2. The second-order valence-electron chi connectivity index (χ2n) is 4.60. The van der Waals surface area contributed by atoms with E-state index in [0.29, 0.717) is 5.56 Å². The van der Waals surface area contributed by atoms with Crippen molar-refractivity contribution in [1.29, 1.82) is 5.26 Å². The van der Waals surface area contributed by atoms with E-state index in [0.717, 1.165) is 10.4 Å². The number of aromatic carboxylic acids is 1. The molecule has 7 heteroatoms. The van der Waals surface area contributed by atoms with Crippen LogP contribution in [0.3, 0.4) is 0 Å². The molecule has 0 spiro atoms. The van der Waals surface area contributed by atoms with Crippen molar-refractivity contribution < 1.29 is 18.3 Å². The van der Waals surface area contributed by atoms with Gasteiger partial charge in [0.05, 0.1) is 22.4 Å². The summed E-state index contributed by atoms with van der Waals surface area (Å²) in [5.74, 6) is -1.62. The molecule has 108 valence electrons. The number of nitriles is 1. The van der Waals surface area contributed by atoms with Crippen LogP contribution < -0.4 is 0 Å². The van der Waals surface area contributed by atoms with Crippen molar-refractivity contribution in [1.82, 2.24) is 4.31 Å². The minimum Gasteiger partial charge on any atom is -0.478 e. The lowest BCUT2D eigenvalue weighted by atomic mass is 10.1. The monoisotopic (exact) mass is 296 g/mol. The molecule has 0 aliphatic carbocycles. The van der Waals surface area contributed by atoms with Crippen LogP contribution in [0.4, 0.5) is 0 Å². The zero-order chi connectivity index (χ0) is 15.5. The average molecular weight is 296 g/mol. The van der Waals surface area contributed by atoms with E-state index in [2.05, 4.69) is 0 Å². The Morgan fingerprint density at radius 3 is 2.60 bits per heavy atom. The van der Waals surface area contributed by atoms with Crippen LogP contribution in [0.2, 0.25) is 0 Å². The highest BCUT2D eigenvalue weighted by Gasteiger charge is 2.24. The number of hydrogen-bond acceptors (Lipinski definition) is 4. The van der Waals surface area contributed by atoms with Crippen molar-refractivity contribution in [3.8, 4) is 6.07 Å². The summed E-state index contributed by atoms with van der Waals surface area (Å²) >= 11 is 0. The first kappa shape index (κ1) is 16.1. The molecule has 0 bridgehead atoms. The van der Waals surface area contributed by atoms with Crippen LogP contribution in [-0.4, -0.2) is 37.4 Å². The largest absolute Gasteiger partial charge is 0.478 e. The van der Waals surface area contributed by atoms with Crippen LogP contribution in [0.15, 0.2) is 23.1 Å². The molecule has 0 fully saturated rings. The fraction of sp³-hybridized carbons (Fsp3) is 0.385. The first-order chi connectivity index (χ1) is 9.20. The summed E-state index contributed by atoms with van der Waals surface area (Å²) in [6.45, 7) is 3.26. The van der Waals surface area contributed by atoms with E-state index < -0.39 is 21.9 Å². The summed E-state index contributed by atoms with van der Waals surface area (Å²) in [5.41, 5.74) is 0.442. The maximum atomic E-state index is 12.3. The summed E-state index contributed by atoms with van der Waals surface area (Å²) in [5, 5.41) is 17.8. The minimum atomic E-state index is -3.80. The lowest BCUT2D eigenvalue weighted by Gasteiger charge is -2.18. The first-order valence-corrected chi connectivity index (χ1v) is 7.34. The van der Waals surface area contributed by atoms with Gasteiger partial charge in [0.2, 0.25) is 10.0 Å². The Morgan fingerprint density at radius 2 is 2.10 bits per heavy atom. The summed E-state index contributed by atoms with van der Waals surface area (Å²) in [6, 6.07) is 5.92. The number of carbonyl (C=O) groups is 1. The topological polar surface area (TPSA) is 98.5 Å². The fourth-order valence-electron chi connectivity index (χ4n) is 1.70. The second-order valence-corrected chi connectivity index (χ2v) is 6.64. The molecule has 0 saturated carbocycles. The van der Waals surface area contributed by atoms with Gasteiger partial charge in [-0.25, -0.2) is 13.2 Å². The third-order valence-electron chi connectivity index (χ3n) is 2.90. The standard InChI is InChI=1S/C13H16N2O4S/c1-9(7-14)8-15(3)20(18,19)11-5-4-10(2)12(6-11)13(16)17/h4-6,9H,8H2,1-3H3,(H,16,17). The van der Waals surface area contributed by atoms with E-state index in [1.54, 1.807) is 13.8 Å². The number of rotatable bonds is 5. The van der Waals surface area contributed by atoms with Gasteiger partial charge < -0.3 is 5.11 Å². The van der Waals surface area contributed by atoms with E-state index in [-0.39, 0.29) is 17.0 Å². The average Bonchev–Trinajstić information content (AvgIpc) is 2.38. The van der Waals surface area contributed by atoms with Crippen molar-refractivity contribution in [3.63, 3.8) is 0 Å². The summed E-state index contributed by atoms with van der Waals surface area (Å²) < 4.78 is 25.6. The molecule has 1 rings (SSSR count). The number of hydrogen-bond donors (Lipinski definition) is 1. The second kappa shape index (κ2) is 6.03. The van der Waals surface area contributed by atoms with Crippen LogP contribution in [0.5, 0.6) is 0 Å². The molecule has 0 radical (unpaired) electrons. The van der Waals surface area contributed by atoms with Gasteiger partial charge in [0.25, 0.3) is 0 Å².